The van der Waals surface area contributed by atoms with E-state index in [-0.39, 0.29) is 0 Å². The van der Waals surface area contributed by atoms with E-state index in [4.69, 9.17) is 0 Å². The smallest absolute Gasteiger partial charge is 0.438 e. The topological polar surface area (TPSA) is 72.8 Å². The highest BCUT2D eigenvalue weighted by molar-refractivity contribution is 6.05. The van der Waals surface area contributed by atoms with Crippen LogP contribution in [0.25, 0.3) is 0 Å². The van der Waals surface area contributed by atoms with Gasteiger partial charge in [-0.1, -0.05) is 0 Å². The third-order valence-electron chi connectivity index (χ3n) is 1.40. The van der Waals surface area contributed by atoms with Crippen LogP contribution in [0.15, 0.2) is 5.18 Å². The number of nitrogens with zero attached hydrogens (tertiary/aromatic N) is 1. The lowest BCUT2D eigenvalue weighted by Crippen LogP contribution is -2.56. The van der Waals surface area contributed by atoms with Gasteiger partial charge in [0.05, 0.1) is 6.61 Å². The highest BCUT2D eigenvalue weighted by Crippen LogP contribution is 2.36. The lowest BCUT2D eigenvalue weighted by molar-refractivity contribution is -0.209. The molecule has 0 N–H and O–H groups in total. The summed E-state index contributed by atoms with van der Waals surface area (Å²) in [5, 5.41) is 1.23. The normalized spacial score (nSPS) is 15.3. The maximum atomic E-state index is 12.1. The highest BCUT2D eigenvalue weighted by atomic mass is 19.4. The Kier molecular flexibility index (Phi) is 3.88. The highest BCUT2D eigenvalue weighted by Gasteiger charge is 2.70. The Morgan fingerprint density at radius 3 is 2.00 bits per heavy atom. The SMILES string of the molecule is CCOC(=O)C(N=O)(C(=O)F)C(F)(F)F. The van der Waals surface area contributed by atoms with Crippen LogP contribution < -0.4 is 0 Å². The van der Waals surface area contributed by atoms with Crippen LogP contribution in [0.3, 0.4) is 0 Å². The molecule has 1 atom stereocenters. The Morgan fingerprint density at radius 1 is 1.33 bits per heavy atom. The molecule has 0 bridgehead atoms. The van der Waals surface area contributed by atoms with Gasteiger partial charge in [0, 0.05) is 0 Å². The summed E-state index contributed by atoms with van der Waals surface area (Å²) in [6, 6.07) is -3.22. The molecule has 0 aliphatic carbocycles. The van der Waals surface area contributed by atoms with Crippen molar-refractivity contribution in [2.24, 2.45) is 5.18 Å². The van der Waals surface area contributed by atoms with Gasteiger partial charge in [0.15, 0.2) is 0 Å². The van der Waals surface area contributed by atoms with Crippen LogP contribution in [0.1, 0.15) is 6.92 Å². The van der Waals surface area contributed by atoms with E-state index < -0.39 is 30.3 Å². The standard InChI is InChI=1S/C6H5F4NO4/c1-2-15-4(13)5(11-14,3(7)12)6(8,9)10/h2H2,1H3. The van der Waals surface area contributed by atoms with Crippen molar-refractivity contribution >= 4 is 12.0 Å². The molecule has 0 aromatic heterocycles. The Bertz CT molecular complexity index is 289. The summed E-state index contributed by atoms with van der Waals surface area (Å²) in [7, 11) is 0. The van der Waals surface area contributed by atoms with E-state index in [1.807, 2.05) is 0 Å². The van der Waals surface area contributed by atoms with Gasteiger partial charge < -0.3 is 4.74 Å². The van der Waals surface area contributed by atoms with Gasteiger partial charge in [-0.3, -0.25) is 4.79 Å². The van der Waals surface area contributed by atoms with Gasteiger partial charge in [-0.15, -0.1) is 4.91 Å². The number of carbonyl (C=O) groups excluding carboxylic acids is 2. The summed E-state index contributed by atoms with van der Waals surface area (Å²) in [5.41, 5.74) is -4.61. The van der Waals surface area contributed by atoms with Crippen LogP contribution in [0.4, 0.5) is 17.6 Å². The van der Waals surface area contributed by atoms with Gasteiger partial charge >= 0.3 is 23.7 Å². The predicted octanol–water partition coefficient (Wildman–Crippen LogP) is 1.11. The fraction of sp³-hybridized carbons (Fsp3) is 0.667. The minimum Gasteiger partial charge on any atom is -0.463 e. The third-order valence-corrected chi connectivity index (χ3v) is 1.40. The quantitative estimate of drug-likeness (QED) is 0.239. The molecule has 86 valence electrons. The fourth-order valence-electron chi connectivity index (χ4n) is 0.668. The first-order valence-electron chi connectivity index (χ1n) is 3.52. The van der Waals surface area contributed by atoms with Gasteiger partial charge in [0.2, 0.25) is 0 Å². The average Bonchev–Trinajstić information content (AvgIpc) is 2.02. The lowest BCUT2D eigenvalue weighted by atomic mass is 10.0. The molecule has 15 heavy (non-hydrogen) atoms. The van der Waals surface area contributed by atoms with Crippen LogP contribution in [0, 0.1) is 4.91 Å². The van der Waals surface area contributed by atoms with Crippen molar-refractivity contribution in [2.75, 3.05) is 6.61 Å². The van der Waals surface area contributed by atoms with E-state index in [9.17, 15) is 32.1 Å². The van der Waals surface area contributed by atoms with Gasteiger partial charge in [-0.05, 0) is 12.1 Å². The zero-order valence-electron chi connectivity index (χ0n) is 7.30. The number of alkyl halides is 3. The largest absolute Gasteiger partial charge is 0.463 e. The van der Waals surface area contributed by atoms with Crippen molar-refractivity contribution < 1.29 is 31.9 Å². The van der Waals surface area contributed by atoms with Crippen molar-refractivity contribution in [2.45, 2.75) is 18.6 Å². The van der Waals surface area contributed by atoms with Crippen molar-refractivity contribution in [3.8, 4) is 0 Å². The molecule has 0 aliphatic rings. The van der Waals surface area contributed by atoms with Gasteiger partial charge in [0.1, 0.15) is 0 Å². The maximum absolute atomic E-state index is 12.1. The minimum absolute atomic E-state index is 0.556. The van der Waals surface area contributed by atoms with E-state index in [1.165, 1.54) is 5.18 Å². The molecule has 0 aliphatic heterocycles. The van der Waals surface area contributed by atoms with Gasteiger partial charge in [-0.25, -0.2) is 4.79 Å². The fourth-order valence-corrected chi connectivity index (χ4v) is 0.668. The molecule has 0 saturated heterocycles. The second kappa shape index (κ2) is 4.32. The summed E-state index contributed by atoms with van der Waals surface area (Å²) in [6.45, 7) is 0.562. The van der Waals surface area contributed by atoms with E-state index in [0.717, 1.165) is 6.92 Å². The number of ether oxygens (including phenoxy) is 1. The molecule has 0 amide bonds. The first-order chi connectivity index (χ1) is 6.74. The summed E-state index contributed by atoms with van der Waals surface area (Å²) < 4.78 is 52.3. The molecule has 0 aromatic carbocycles. The number of rotatable bonds is 4. The zero-order chi connectivity index (χ0) is 12.3. The van der Waals surface area contributed by atoms with Crippen LogP contribution in [0.5, 0.6) is 0 Å². The summed E-state index contributed by atoms with van der Waals surface area (Å²) in [5.74, 6) is -2.38. The molecule has 5 nitrogen and oxygen atoms in total. The molecular weight excluding hydrogens is 226 g/mol. The molecule has 0 heterocycles. The predicted molar refractivity (Wildman–Crippen MR) is 37.3 cm³/mol. The number of esters is 1. The van der Waals surface area contributed by atoms with Crippen LogP contribution >= 0.6 is 0 Å². The molecule has 9 heteroatoms. The average molecular weight is 231 g/mol. The monoisotopic (exact) mass is 231 g/mol. The van der Waals surface area contributed by atoms with Gasteiger partial charge in [0.25, 0.3) is 0 Å². The van der Waals surface area contributed by atoms with Crippen molar-refractivity contribution in [1.82, 2.24) is 0 Å². The minimum atomic E-state index is -5.77. The number of halogens is 4. The molecule has 0 spiro atoms. The Labute approximate surface area is 80.4 Å². The summed E-state index contributed by atoms with van der Waals surface area (Å²) >= 11 is 0. The Morgan fingerprint density at radius 2 is 1.80 bits per heavy atom. The first-order valence-corrected chi connectivity index (χ1v) is 3.52. The molecule has 0 rings (SSSR count). The molecule has 0 radical (unpaired) electrons. The molecule has 1 unspecified atom stereocenters. The second-order valence-electron chi connectivity index (χ2n) is 2.29. The van der Waals surface area contributed by atoms with Crippen LogP contribution in [-0.4, -0.2) is 30.3 Å². The lowest BCUT2D eigenvalue weighted by Gasteiger charge is -2.21. The number of nitroso groups, excluding NO2 is 1. The number of carbonyl (C=O) groups is 2. The molecule has 0 aromatic rings. The zero-order valence-corrected chi connectivity index (χ0v) is 7.30. The van der Waals surface area contributed by atoms with E-state index >= 15 is 0 Å². The number of hydrogen-bond acceptors (Lipinski definition) is 5. The third kappa shape index (κ3) is 2.10. The number of hydrogen-bond donors (Lipinski definition) is 0. The van der Waals surface area contributed by atoms with Crippen molar-refractivity contribution in [3.05, 3.63) is 4.91 Å². The molecule has 0 fully saturated rings. The van der Waals surface area contributed by atoms with Crippen molar-refractivity contribution in [3.63, 3.8) is 0 Å². The molecular formula is C6H5F4NO4. The first kappa shape index (κ1) is 13.5. The van der Waals surface area contributed by atoms with E-state index in [0.29, 0.717) is 0 Å². The van der Waals surface area contributed by atoms with E-state index in [2.05, 4.69) is 4.74 Å². The summed E-state index contributed by atoms with van der Waals surface area (Å²) in [6.07, 6.45) is -5.77. The summed E-state index contributed by atoms with van der Waals surface area (Å²) in [4.78, 5) is 30.7. The van der Waals surface area contributed by atoms with E-state index in [1.54, 1.807) is 0 Å². The molecule has 0 saturated carbocycles. The van der Waals surface area contributed by atoms with Crippen LogP contribution in [0.2, 0.25) is 0 Å². The Balaban J connectivity index is 5.46. The van der Waals surface area contributed by atoms with Crippen molar-refractivity contribution in [1.29, 1.82) is 0 Å². The van der Waals surface area contributed by atoms with Crippen LogP contribution in [-0.2, 0) is 14.3 Å². The Hall–Kier alpha value is -1.54. The second-order valence-corrected chi connectivity index (χ2v) is 2.29. The van der Waals surface area contributed by atoms with Gasteiger partial charge in [-0.2, -0.15) is 17.6 Å². The maximum Gasteiger partial charge on any atom is 0.438 e.